The Bertz CT molecular complexity index is 777. The van der Waals surface area contributed by atoms with E-state index in [4.69, 9.17) is 4.74 Å². The number of nitrogens with one attached hydrogen (secondary N) is 1. The number of sulfonamides is 1. The molecule has 2 aromatic rings. The number of nitrogens with zero attached hydrogens (tertiary/aromatic N) is 1. The molecule has 0 saturated carbocycles. The first-order valence-corrected chi connectivity index (χ1v) is 9.66. The smallest absolute Gasteiger partial charge is 0.240 e. The minimum absolute atomic E-state index is 0.0853. The minimum Gasteiger partial charge on any atom is -0.497 e. The number of rotatable bonds is 7. The summed E-state index contributed by atoms with van der Waals surface area (Å²) in [6.07, 6.45) is 0. The van der Waals surface area contributed by atoms with E-state index >= 15 is 0 Å². The Morgan fingerprint density at radius 3 is 2.38 bits per heavy atom. The quantitative estimate of drug-likeness (QED) is 0.758. The number of likely N-dealkylation sites (N-methyl/N-ethyl adjacent to an activating group) is 1. The summed E-state index contributed by atoms with van der Waals surface area (Å²) in [7, 11) is 1.89. The van der Waals surface area contributed by atoms with E-state index in [1.807, 2.05) is 43.3 Å². The van der Waals surface area contributed by atoms with Gasteiger partial charge in [-0.1, -0.05) is 34.1 Å². The van der Waals surface area contributed by atoms with Crippen LogP contribution in [-0.2, 0) is 10.0 Å². The van der Waals surface area contributed by atoms with Crippen molar-refractivity contribution in [1.29, 1.82) is 0 Å². The van der Waals surface area contributed by atoms with Crippen LogP contribution in [0.3, 0.4) is 0 Å². The lowest BCUT2D eigenvalue weighted by molar-refractivity contribution is 0.299. The van der Waals surface area contributed by atoms with E-state index in [0.717, 1.165) is 15.8 Å². The second-order valence-corrected chi connectivity index (χ2v) is 8.24. The molecule has 0 radical (unpaired) electrons. The summed E-state index contributed by atoms with van der Waals surface area (Å²) in [5.41, 5.74) is 1.01. The van der Waals surface area contributed by atoms with Gasteiger partial charge in [0.05, 0.1) is 12.0 Å². The molecule has 0 unspecified atom stereocenters. The zero-order valence-electron chi connectivity index (χ0n) is 13.9. The first-order chi connectivity index (χ1) is 11.3. The summed E-state index contributed by atoms with van der Waals surface area (Å²) in [6, 6.07) is 14.2. The summed E-state index contributed by atoms with van der Waals surface area (Å²) in [5, 5.41) is 0. The number of ether oxygens (including phenoxy) is 1. The zero-order chi connectivity index (χ0) is 17.7. The Morgan fingerprint density at radius 2 is 1.83 bits per heavy atom. The Morgan fingerprint density at radius 1 is 1.17 bits per heavy atom. The lowest BCUT2D eigenvalue weighted by atomic mass is 10.1. The second kappa shape index (κ2) is 8.11. The molecule has 0 aliphatic rings. The van der Waals surface area contributed by atoms with Gasteiger partial charge < -0.3 is 9.64 Å². The van der Waals surface area contributed by atoms with E-state index in [2.05, 4.69) is 20.7 Å². The Hall–Kier alpha value is -1.41. The van der Waals surface area contributed by atoms with Crippen LogP contribution < -0.4 is 9.46 Å². The molecule has 1 atom stereocenters. The van der Waals surface area contributed by atoms with Crippen LogP contribution in [0.1, 0.15) is 11.6 Å². The molecule has 7 heteroatoms. The molecule has 2 rings (SSSR count). The number of halogens is 1. The van der Waals surface area contributed by atoms with Crippen LogP contribution in [0.5, 0.6) is 5.75 Å². The normalized spacial score (nSPS) is 13.0. The molecule has 0 aliphatic heterocycles. The van der Waals surface area contributed by atoms with Gasteiger partial charge in [-0.15, -0.1) is 0 Å². The predicted octanol–water partition coefficient (Wildman–Crippen LogP) is 3.04. The fraction of sp³-hybridized carbons (Fsp3) is 0.294. The zero-order valence-corrected chi connectivity index (χ0v) is 16.3. The first kappa shape index (κ1) is 18.9. The van der Waals surface area contributed by atoms with Gasteiger partial charge in [0.25, 0.3) is 0 Å². The summed E-state index contributed by atoms with van der Waals surface area (Å²) >= 11 is 3.30. The van der Waals surface area contributed by atoms with Gasteiger partial charge >= 0.3 is 0 Å². The minimum atomic E-state index is -3.56. The van der Waals surface area contributed by atoms with Gasteiger partial charge in [-0.2, -0.15) is 0 Å². The first-order valence-electron chi connectivity index (χ1n) is 7.39. The third-order valence-electron chi connectivity index (χ3n) is 3.70. The van der Waals surface area contributed by atoms with E-state index in [1.54, 1.807) is 31.4 Å². The number of hydrogen-bond donors (Lipinski definition) is 1. The van der Waals surface area contributed by atoms with Crippen molar-refractivity contribution in [2.45, 2.75) is 10.9 Å². The molecule has 0 bridgehead atoms. The molecular formula is C17H21BrN2O3S. The van der Waals surface area contributed by atoms with Crippen molar-refractivity contribution in [3.8, 4) is 5.75 Å². The van der Waals surface area contributed by atoms with Crippen molar-refractivity contribution in [3.05, 3.63) is 58.6 Å². The standard InChI is InChI=1S/C17H21BrN2O3S/c1-20(2)17(13-7-9-15(23-3)10-8-13)12-19-24(21,22)16-6-4-5-14(18)11-16/h4-11,17,19H,12H2,1-3H3/t17-/m1/s1. The highest BCUT2D eigenvalue weighted by atomic mass is 79.9. The van der Waals surface area contributed by atoms with Gasteiger partial charge in [-0.3, -0.25) is 0 Å². The lowest BCUT2D eigenvalue weighted by Crippen LogP contribution is -2.34. The fourth-order valence-electron chi connectivity index (χ4n) is 2.33. The van der Waals surface area contributed by atoms with E-state index in [1.165, 1.54) is 0 Å². The Balaban J connectivity index is 2.16. The molecule has 0 spiro atoms. The van der Waals surface area contributed by atoms with E-state index in [0.29, 0.717) is 0 Å². The Labute approximate surface area is 151 Å². The van der Waals surface area contributed by atoms with Crippen molar-refractivity contribution in [2.24, 2.45) is 0 Å². The van der Waals surface area contributed by atoms with Crippen molar-refractivity contribution < 1.29 is 13.2 Å². The molecule has 0 heterocycles. The van der Waals surface area contributed by atoms with Gasteiger partial charge in [-0.25, -0.2) is 13.1 Å². The van der Waals surface area contributed by atoms with E-state index in [9.17, 15) is 8.42 Å². The van der Waals surface area contributed by atoms with Crippen LogP contribution in [-0.4, -0.2) is 41.1 Å². The number of methoxy groups -OCH3 is 1. The fourth-order valence-corrected chi connectivity index (χ4v) is 3.97. The van der Waals surface area contributed by atoms with E-state index < -0.39 is 10.0 Å². The number of hydrogen-bond acceptors (Lipinski definition) is 4. The molecule has 0 aliphatic carbocycles. The molecular weight excluding hydrogens is 392 g/mol. The van der Waals surface area contributed by atoms with E-state index in [-0.39, 0.29) is 17.5 Å². The SMILES string of the molecule is COc1ccc([C@@H](CNS(=O)(=O)c2cccc(Br)c2)N(C)C)cc1. The average Bonchev–Trinajstić information content (AvgIpc) is 2.55. The molecule has 0 saturated heterocycles. The largest absolute Gasteiger partial charge is 0.497 e. The van der Waals surface area contributed by atoms with Crippen LogP contribution in [0.25, 0.3) is 0 Å². The van der Waals surface area contributed by atoms with Gasteiger partial charge in [0.15, 0.2) is 0 Å². The van der Waals surface area contributed by atoms with Crippen LogP contribution in [0, 0.1) is 0 Å². The van der Waals surface area contributed by atoms with Crippen LogP contribution in [0.4, 0.5) is 0 Å². The average molecular weight is 413 g/mol. The van der Waals surface area contributed by atoms with Crippen LogP contribution >= 0.6 is 15.9 Å². The molecule has 0 fully saturated rings. The van der Waals surface area contributed by atoms with Crippen molar-refractivity contribution in [1.82, 2.24) is 9.62 Å². The molecule has 5 nitrogen and oxygen atoms in total. The maximum atomic E-state index is 12.5. The monoisotopic (exact) mass is 412 g/mol. The van der Waals surface area contributed by atoms with Crippen molar-refractivity contribution in [3.63, 3.8) is 0 Å². The van der Waals surface area contributed by atoms with Gasteiger partial charge in [0.2, 0.25) is 10.0 Å². The second-order valence-electron chi connectivity index (χ2n) is 5.56. The third kappa shape index (κ3) is 4.80. The van der Waals surface area contributed by atoms with Crippen molar-refractivity contribution in [2.75, 3.05) is 27.7 Å². The van der Waals surface area contributed by atoms with Crippen molar-refractivity contribution >= 4 is 26.0 Å². The van der Waals surface area contributed by atoms with Crippen LogP contribution in [0.15, 0.2) is 57.9 Å². The molecule has 2 aromatic carbocycles. The molecule has 130 valence electrons. The Kier molecular flexibility index (Phi) is 6.40. The van der Waals surface area contributed by atoms with Gasteiger partial charge in [0, 0.05) is 17.1 Å². The topological polar surface area (TPSA) is 58.6 Å². The number of benzene rings is 2. The third-order valence-corrected chi connectivity index (χ3v) is 5.61. The summed E-state index contributed by atoms with van der Waals surface area (Å²) in [6.45, 7) is 0.272. The van der Waals surface area contributed by atoms with Crippen LogP contribution in [0.2, 0.25) is 0 Å². The van der Waals surface area contributed by atoms with Gasteiger partial charge in [-0.05, 0) is 50.0 Å². The van der Waals surface area contributed by atoms with Gasteiger partial charge in [0.1, 0.15) is 5.75 Å². The predicted molar refractivity (Wildman–Crippen MR) is 98.8 cm³/mol. The molecule has 0 amide bonds. The molecule has 0 aromatic heterocycles. The lowest BCUT2D eigenvalue weighted by Gasteiger charge is -2.25. The maximum absolute atomic E-state index is 12.5. The summed E-state index contributed by atoms with van der Waals surface area (Å²) in [5.74, 6) is 0.769. The molecule has 24 heavy (non-hydrogen) atoms. The summed E-state index contributed by atoms with van der Waals surface area (Å²) in [4.78, 5) is 2.22. The highest BCUT2D eigenvalue weighted by Crippen LogP contribution is 2.22. The molecule has 1 N–H and O–H groups in total. The maximum Gasteiger partial charge on any atom is 0.240 e. The highest BCUT2D eigenvalue weighted by Gasteiger charge is 2.20. The summed E-state index contributed by atoms with van der Waals surface area (Å²) < 4.78 is 33.5. The highest BCUT2D eigenvalue weighted by molar-refractivity contribution is 9.10.